The molecular weight excluding hydrogens is 290 g/mol. The first-order valence-corrected chi connectivity index (χ1v) is 7.61. The largest absolute Gasteiger partial charge is 0.383 e. The second kappa shape index (κ2) is 7.28. The van der Waals surface area contributed by atoms with Gasteiger partial charge in [0, 0.05) is 18.5 Å². The van der Waals surface area contributed by atoms with E-state index in [4.69, 9.17) is 4.74 Å². The number of aromatic nitrogens is 4. The molecule has 2 aromatic rings. The normalized spacial score (nSPS) is 10.8. The molecule has 8 heteroatoms. The van der Waals surface area contributed by atoms with Gasteiger partial charge in [0.1, 0.15) is 0 Å². The van der Waals surface area contributed by atoms with Crippen molar-refractivity contribution in [1.29, 1.82) is 0 Å². The summed E-state index contributed by atoms with van der Waals surface area (Å²) in [4.78, 5) is 21.1. The van der Waals surface area contributed by atoms with E-state index in [2.05, 4.69) is 15.2 Å². The van der Waals surface area contributed by atoms with E-state index in [1.807, 2.05) is 13.8 Å². The average molecular weight is 309 g/mol. The first-order chi connectivity index (χ1) is 10.2. The Morgan fingerprint density at radius 2 is 2.33 bits per heavy atom. The van der Waals surface area contributed by atoms with Crippen LogP contribution in [-0.2, 0) is 17.8 Å². The highest BCUT2D eigenvalue weighted by Crippen LogP contribution is 2.16. The first-order valence-electron chi connectivity index (χ1n) is 6.73. The fourth-order valence-corrected chi connectivity index (χ4v) is 2.61. The summed E-state index contributed by atoms with van der Waals surface area (Å²) in [6.45, 7) is 6.00. The first kappa shape index (κ1) is 15.6. The van der Waals surface area contributed by atoms with Crippen LogP contribution in [0.1, 0.15) is 28.0 Å². The maximum Gasteiger partial charge on any atom is 0.276 e. The van der Waals surface area contributed by atoms with Crippen molar-refractivity contribution in [2.45, 2.75) is 26.9 Å². The summed E-state index contributed by atoms with van der Waals surface area (Å²) in [5.74, 6) is -0.139. The second-order valence-corrected chi connectivity index (χ2v) is 5.44. The van der Waals surface area contributed by atoms with Crippen molar-refractivity contribution in [3.63, 3.8) is 0 Å². The lowest BCUT2D eigenvalue weighted by Gasteiger charge is -2.20. The summed E-state index contributed by atoms with van der Waals surface area (Å²) in [6.07, 6.45) is 1.51. The monoisotopic (exact) mass is 309 g/mol. The molecule has 0 spiro atoms. The molecule has 0 bridgehead atoms. The van der Waals surface area contributed by atoms with E-state index in [1.165, 1.54) is 11.0 Å². The van der Waals surface area contributed by atoms with Crippen LogP contribution in [0.2, 0.25) is 0 Å². The molecule has 0 aliphatic rings. The molecule has 114 valence electrons. The number of aryl methyl sites for hydroxylation is 2. The molecule has 0 unspecified atom stereocenters. The lowest BCUT2D eigenvalue weighted by atomic mass is 10.3. The molecule has 0 radical (unpaired) electrons. The second-order valence-electron chi connectivity index (χ2n) is 4.50. The summed E-state index contributed by atoms with van der Waals surface area (Å²) >= 11 is 1.55. The van der Waals surface area contributed by atoms with Gasteiger partial charge in [-0.05, 0) is 13.8 Å². The third kappa shape index (κ3) is 3.85. The number of ether oxygens (including phenoxy) is 1. The number of carbonyl (C=O) groups is 1. The quantitative estimate of drug-likeness (QED) is 0.772. The van der Waals surface area contributed by atoms with Crippen LogP contribution in [0, 0.1) is 6.92 Å². The van der Waals surface area contributed by atoms with Gasteiger partial charge >= 0.3 is 0 Å². The van der Waals surface area contributed by atoms with Gasteiger partial charge in [-0.15, -0.1) is 16.4 Å². The molecule has 21 heavy (non-hydrogen) atoms. The zero-order valence-corrected chi connectivity index (χ0v) is 13.3. The Kier molecular flexibility index (Phi) is 5.40. The highest BCUT2D eigenvalue weighted by atomic mass is 32.1. The van der Waals surface area contributed by atoms with Gasteiger partial charge < -0.3 is 9.64 Å². The molecule has 1 amide bonds. The molecule has 0 aromatic carbocycles. The summed E-state index contributed by atoms with van der Waals surface area (Å²) in [5.41, 5.74) is 3.10. The number of rotatable bonds is 7. The van der Waals surface area contributed by atoms with Crippen molar-refractivity contribution in [1.82, 2.24) is 24.9 Å². The van der Waals surface area contributed by atoms with Crippen molar-refractivity contribution >= 4 is 17.2 Å². The molecule has 2 rings (SSSR count). The van der Waals surface area contributed by atoms with Gasteiger partial charge in [0.15, 0.2) is 5.69 Å². The molecule has 0 fully saturated rings. The number of methoxy groups -OCH3 is 1. The van der Waals surface area contributed by atoms with Crippen molar-refractivity contribution in [3.05, 3.63) is 28.0 Å². The maximum absolute atomic E-state index is 12.6. The van der Waals surface area contributed by atoms with Crippen molar-refractivity contribution in [2.24, 2.45) is 0 Å². The average Bonchev–Trinajstić information content (AvgIpc) is 3.12. The zero-order chi connectivity index (χ0) is 15.2. The van der Waals surface area contributed by atoms with Crippen molar-refractivity contribution in [2.75, 3.05) is 20.3 Å². The molecule has 0 saturated heterocycles. The minimum atomic E-state index is -0.139. The van der Waals surface area contributed by atoms with Crippen LogP contribution in [0.15, 0.2) is 11.7 Å². The van der Waals surface area contributed by atoms with Gasteiger partial charge in [-0.2, -0.15) is 9.90 Å². The number of carbonyl (C=O) groups excluding carboxylic acids is 1. The van der Waals surface area contributed by atoms with Gasteiger partial charge in [0.2, 0.25) is 0 Å². The smallest absolute Gasteiger partial charge is 0.276 e. The molecule has 2 aromatic heterocycles. The topological polar surface area (TPSA) is 73.1 Å². The van der Waals surface area contributed by atoms with Crippen molar-refractivity contribution in [3.8, 4) is 0 Å². The maximum atomic E-state index is 12.6. The predicted octanol–water partition coefficient (Wildman–Crippen LogP) is 1.35. The lowest BCUT2D eigenvalue weighted by molar-refractivity contribution is 0.0675. The lowest BCUT2D eigenvalue weighted by Crippen LogP contribution is -2.33. The predicted molar refractivity (Wildman–Crippen MR) is 79.2 cm³/mol. The molecule has 2 heterocycles. The standard InChI is InChI=1S/C13H19N5O2S/c1-4-18-15-7-11(16-18)13(19)17(5-6-20-3)8-12-10(2)14-9-21-12/h7,9H,4-6,8H2,1-3H3. The van der Waals surface area contributed by atoms with Gasteiger partial charge in [-0.25, -0.2) is 4.98 Å². The van der Waals surface area contributed by atoms with E-state index in [0.29, 0.717) is 31.9 Å². The summed E-state index contributed by atoms with van der Waals surface area (Å²) < 4.78 is 5.09. The Hall–Kier alpha value is -1.80. The summed E-state index contributed by atoms with van der Waals surface area (Å²) in [6, 6.07) is 0. The Bertz CT molecular complexity index is 595. The minimum absolute atomic E-state index is 0.139. The SMILES string of the molecule is CCn1ncc(C(=O)N(CCOC)Cc2scnc2C)n1. The van der Waals surface area contributed by atoms with E-state index in [1.54, 1.807) is 28.9 Å². The van der Waals surface area contributed by atoms with Crippen molar-refractivity contribution < 1.29 is 9.53 Å². The number of thiazole rings is 1. The molecule has 0 aliphatic carbocycles. The van der Waals surface area contributed by atoms with Gasteiger partial charge in [-0.3, -0.25) is 4.79 Å². The Labute approximate surface area is 127 Å². The number of hydrogen-bond donors (Lipinski definition) is 0. The highest BCUT2D eigenvalue weighted by Gasteiger charge is 2.20. The van der Waals surface area contributed by atoms with E-state index in [-0.39, 0.29) is 5.91 Å². The van der Waals surface area contributed by atoms with E-state index < -0.39 is 0 Å². The Balaban J connectivity index is 2.14. The highest BCUT2D eigenvalue weighted by molar-refractivity contribution is 7.09. The van der Waals surface area contributed by atoms with Crippen LogP contribution >= 0.6 is 11.3 Å². The van der Waals surface area contributed by atoms with Crippen LogP contribution < -0.4 is 0 Å². The number of hydrogen-bond acceptors (Lipinski definition) is 6. The molecule has 0 atom stereocenters. The van der Waals surface area contributed by atoms with Crippen LogP contribution in [0.3, 0.4) is 0 Å². The fraction of sp³-hybridized carbons (Fsp3) is 0.538. The Morgan fingerprint density at radius 1 is 1.52 bits per heavy atom. The summed E-state index contributed by atoms with van der Waals surface area (Å²) in [7, 11) is 1.62. The third-order valence-corrected chi connectivity index (χ3v) is 3.99. The van der Waals surface area contributed by atoms with Gasteiger partial charge in [0.05, 0.1) is 37.1 Å². The fourth-order valence-electron chi connectivity index (χ4n) is 1.81. The molecule has 0 saturated carbocycles. The molecule has 7 nitrogen and oxygen atoms in total. The van der Waals surface area contributed by atoms with Crippen LogP contribution in [0.5, 0.6) is 0 Å². The zero-order valence-electron chi connectivity index (χ0n) is 12.4. The van der Waals surface area contributed by atoms with Crippen LogP contribution in [0.25, 0.3) is 0 Å². The summed E-state index contributed by atoms with van der Waals surface area (Å²) in [5, 5.41) is 8.22. The molecule has 0 aliphatic heterocycles. The van der Waals surface area contributed by atoms with E-state index >= 15 is 0 Å². The third-order valence-electron chi connectivity index (χ3n) is 3.07. The number of amides is 1. The molecule has 0 N–H and O–H groups in total. The van der Waals surface area contributed by atoms with Gasteiger partial charge in [0.25, 0.3) is 5.91 Å². The van der Waals surface area contributed by atoms with Crippen LogP contribution in [-0.4, -0.2) is 51.0 Å². The van der Waals surface area contributed by atoms with E-state index in [0.717, 1.165) is 10.6 Å². The minimum Gasteiger partial charge on any atom is -0.383 e. The number of nitrogens with zero attached hydrogens (tertiary/aromatic N) is 5. The van der Waals surface area contributed by atoms with Crippen LogP contribution in [0.4, 0.5) is 0 Å². The Morgan fingerprint density at radius 3 is 2.90 bits per heavy atom. The van der Waals surface area contributed by atoms with E-state index in [9.17, 15) is 4.79 Å². The molecular formula is C13H19N5O2S. The van der Waals surface area contributed by atoms with Gasteiger partial charge in [-0.1, -0.05) is 0 Å².